The summed E-state index contributed by atoms with van der Waals surface area (Å²) >= 11 is 0. The zero-order valence-electron chi connectivity index (χ0n) is 16.5. The van der Waals surface area contributed by atoms with Crippen LogP contribution in [0.4, 0.5) is 11.4 Å². The lowest BCUT2D eigenvalue weighted by atomic mass is 9.85. The Labute approximate surface area is 171 Å². The van der Waals surface area contributed by atoms with Crippen LogP contribution < -0.4 is 21.5 Å². The number of sulfonamides is 1. The van der Waals surface area contributed by atoms with E-state index in [0.717, 1.165) is 5.56 Å². The molecule has 1 saturated carbocycles. The van der Waals surface area contributed by atoms with Crippen LogP contribution in [0.15, 0.2) is 53.4 Å². The number of carbonyl (C=O) groups is 1. The Morgan fingerprint density at radius 2 is 1.66 bits per heavy atom. The van der Waals surface area contributed by atoms with E-state index in [-0.39, 0.29) is 34.5 Å². The van der Waals surface area contributed by atoms with Gasteiger partial charge in [0.05, 0.1) is 22.3 Å². The summed E-state index contributed by atoms with van der Waals surface area (Å²) in [7, 11) is -3.68. The van der Waals surface area contributed by atoms with Crippen LogP contribution in [0.5, 0.6) is 0 Å². The predicted octanol–water partition coefficient (Wildman–Crippen LogP) is 2.57. The summed E-state index contributed by atoms with van der Waals surface area (Å²) in [5, 5.41) is 3.06. The van der Waals surface area contributed by atoms with E-state index < -0.39 is 10.0 Å². The Bertz CT molecular complexity index is 955. The van der Waals surface area contributed by atoms with Crippen LogP contribution in [0.2, 0.25) is 0 Å². The second-order valence-corrected chi connectivity index (χ2v) is 9.32. The molecule has 0 bridgehead atoms. The van der Waals surface area contributed by atoms with Crippen molar-refractivity contribution in [3.63, 3.8) is 0 Å². The van der Waals surface area contributed by atoms with Crippen molar-refractivity contribution in [2.45, 2.75) is 49.6 Å². The van der Waals surface area contributed by atoms with Gasteiger partial charge in [-0.25, -0.2) is 13.1 Å². The van der Waals surface area contributed by atoms with Gasteiger partial charge < -0.3 is 16.8 Å². The summed E-state index contributed by atoms with van der Waals surface area (Å²) in [6, 6.07) is 13.8. The fourth-order valence-corrected chi connectivity index (χ4v) is 4.98. The summed E-state index contributed by atoms with van der Waals surface area (Å²) in [5.41, 5.74) is 13.0. The Morgan fingerprint density at radius 1 is 1.00 bits per heavy atom. The van der Waals surface area contributed by atoms with Crippen molar-refractivity contribution >= 4 is 27.3 Å². The van der Waals surface area contributed by atoms with Crippen molar-refractivity contribution in [3.05, 3.63) is 54.1 Å². The van der Waals surface area contributed by atoms with E-state index in [4.69, 9.17) is 11.5 Å². The summed E-state index contributed by atoms with van der Waals surface area (Å²) in [4.78, 5) is 12.7. The molecule has 0 heterocycles. The van der Waals surface area contributed by atoms with Crippen molar-refractivity contribution in [2.24, 2.45) is 5.92 Å². The summed E-state index contributed by atoms with van der Waals surface area (Å²) in [6.07, 6.45) is 2.51. The molecular weight excluding hydrogens is 388 g/mol. The Kier molecular flexibility index (Phi) is 6.44. The number of nitrogens with two attached hydrogens (primary N) is 2. The summed E-state index contributed by atoms with van der Waals surface area (Å²) < 4.78 is 27.9. The van der Waals surface area contributed by atoms with E-state index >= 15 is 0 Å². The van der Waals surface area contributed by atoms with Gasteiger partial charge in [-0.1, -0.05) is 30.3 Å². The standard InChI is InChI=1S/C21H28N4O3S/c1-14(15-5-3-2-4-6-15)24-21(26)16-7-9-17(10-8-16)25-29(27,28)18-11-12-19(22)20(23)13-18/h2-6,11-14,16-17,25H,7-10,22-23H2,1H3,(H,24,26)/t14-,16?,17?/m1/s1. The van der Waals surface area contributed by atoms with Gasteiger partial charge in [-0.3, -0.25) is 4.79 Å². The van der Waals surface area contributed by atoms with E-state index in [1.54, 1.807) is 0 Å². The number of rotatable bonds is 6. The third-order valence-electron chi connectivity index (χ3n) is 5.45. The Morgan fingerprint density at radius 3 is 2.28 bits per heavy atom. The number of nitrogens with one attached hydrogen (secondary N) is 2. The van der Waals surface area contributed by atoms with Gasteiger partial charge in [0.15, 0.2) is 0 Å². The first kappa shape index (κ1) is 21.1. The average molecular weight is 417 g/mol. The molecule has 0 aliphatic heterocycles. The van der Waals surface area contributed by atoms with Crippen molar-refractivity contribution in [1.29, 1.82) is 0 Å². The summed E-state index contributed by atoms with van der Waals surface area (Å²) in [5.74, 6) is -0.0805. The first-order valence-electron chi connectivity index (χ1n) is 9.79. The van der Waals surface area contributed by atoms with Gasteiger partial charge in [0.25, 0.3) is 0 Å². The SMILES string of the molecule is C[C@@H](NC(=O)C1CCC(NS(=O)(=O)c2ccc(N)c(N)c2)CC1)c1ccccc1. The minimum absolute atomic E-state index is 0.0222. The molecule has 156 valence electrons. The van der Waals surface area contributed by atoms with Crippen molar-refractivity contribution < 1.29 is 13.2 Å². The number of hydrogen-bond donors (Lipinski definition) is 4. The fraction of sp³-hybridized carbons (Fsp3) is 0.381. The molecule has 1 aliphatic rings. The van der Waals surface area contributed by atoms with Crippen LogP contribution in [0.3, 0.4) is 0 Å². The molecule has 1 aliphatic carbocycles. The van der Waals surface area contributed by atoms with E-state index in [1.165, 1.54) is 18.2 Å². The number of carbonyl (C=O) groups excluding carboxylic acids is 1. The predicted molar refractivity (Wildman–Crippen MR) is 114 cm³/mol. The minimum atomic E-state index is -3.68. The third kappa shape index (κ3) is 5.27. The molecule has 0 spiro atoms. The molecule has 1 fully saturated rings. The zero-order chi connectivity index (χ0) is 21.0. The second kappa shape index (κ2) is 8.84. The fourth-order valence-electron chi connectivity index (χ4n) is 3.64. The quantitative estimate of drug-likeness (QED) is 0.538. The smallest absolute Gasteiger partial charge is 0.240 e. The highest BCUT2D eigenvalue weighted by molar-refractivity contribution is 7.89. The van der Waals surface area contributed by atoms with E-state index in [9.17, 15) is 13.2 Å². The van der Waals surface area contributed by atoms with E-state index in [0.29, 0.717) is 31.4 Å². The van der Waals surface area contributed by atoms with Gasteiger partial charge in [0, 0.05) is 12.0 Å². The highest BCUT2D eigenvalue weighted by Gasteiger charge is 2.29. The highest BCUT2D eigenvalue weighted by atomic mass is 32.2. The molecular formula is C21H28N4O3S. The number of hydrogen-bond acceptors (Lipinski definition) is 5. The number of benzene rings is 2. The molecule has 6 N–H and O–H groups in total. The maximum Gasteiger partial charge on any atom is 0.240 e. The molecule has 2 aromatic carbocycles. The van der Waals surface area contributed by atoms with E-state index in [2.05, 4.69) is 10.0 Å². The van der Waals surface area contributed by atoms with Gasteiger partial charge in [-0.05, 0) is 56.4 Å². The van der Waals surface area contributed by atoms with Crippen LogP contribution in [-0.2, 0) is 14.8 Å². The molecule has 0 aromatic heterocycles. The van der Waals surface area contributed by atoms with Gasteiger partial charge >= 0.3 is 0 Å². The molecule has 1 atom stereocenters. The summed E-state index contributed by atoms with van der Waals surface area (Å²) in [6.45, 7) is 1.96. The molecule has 7 nitrogen and oxygen atoms in total. The van der Waals surface area contributed by atoms with Crippen LogP contribution in [0.1, 0.15) is 44.2 Å². The second-order valence-electron chi connectivity index (χ2n) is 7.60. The largest absolute Gasteiger partial charge is 0.397 e. The Hall–Kier alpha value is -2.58. The lowest BCUT2D eigenvalue weighted by Crippen LogP contribution is -2.41. The maximum absolute atomic E-state index is 12.6. The van der Waals surface area contributed by atoms with Gasteiger partial charge in [-0.15, -0.1) is 0 Å². The van der Waals surface area contributed by atoms with Crippen LogP contribution in [0, 0.1) is 5.92 Å². The minimum Gasteiger partial charge on any atom is -0.397 e. The maximum atomic E-state index is 12.6. The molecule has 2 aromatic rings. The lowest BCUT2D eigenvalue weighted by Gasteiger charge is -2.29. The number of amides is 1. The normalized spacial score (nSPS) is 20.7. The molecule has 29 heavy (non-hydrogen) atoms. The topological polar surface area (TPSA) is 127 Å². The van der Waals surface area contributed by atoms with Crippen LogP contribution in [-0.4, -0.2) is 20.4 Å². The van der Waals surface area contributed by atoms with Crippen molar-refractivity contribution in [1.82, 2.24) is 10.0 Å². The lowest BCUT2D eigenvalue weighted by molar-refractivity contribution is -0.126. The number of nitrogen functional groups attached to an aromatic ring is 2. The Balaban J connectivity index is 1.53. The highest BCUT2D eigenvalue weighted by Crippen LogP contribution is 2.27. The molecule has 0 radical (unpaired) electrons. The molecule has 8 heteroatoms. The molecule has 0 saturated heterocycles. The van der Waals surface area contributed by atoms with Crippen molar-refractivity contribution in [3.8, 4) is 0 Å². The average Bonchev–Trinajstić information content (AvgIpc) is 2.70. The number of anilines is 2. The van der Waals surface area contributed by atoms with Gasteiger partial charge in [-0.2, -0.15) is 0 Å². The van der Waals surface area contributed by atoms with Crippen molar-refractivity contribution in [2.75, 3.05) is 11.5 Å². The molecule has 1 amide bonds. The van der Waals surface area contributed by atoms with Gasteiger partial charge in [0.2, 0.25) is 15.9 Å². The monoisotopic (exact) mass is 416 g/mol. The third-order valence-corrected chi connectivity index (χ3v) is 6.96. The van der Waals surface area contributed by atoms with Crippen LogP contribution >= 0.6 is 0 Å². The van der Waals surface area contributed by atoms with E-state index in [1.807, 2.05) is 37.3 Å². The van der Waals surface area contributed by atoms with Gasteiger partial charge in [0.1, 0.15) is 0 Å². The van der Waals surface area contributed by atoms with Crippen LogP contribution in [0.25, 0.3) is 0 Å². The first-order valence-corrected chi connectivity index (χ1v) is 11.3. The molecule has 3 rings (SSSR count). The molecule has 0 unspecified atom stereocenters. The zero-order valence-corrected chi connectivity index (χ0v) is 17.3. The first-order chi connectivity index (χ1) is 13.8.